The van der Waals surface area contributed by atoms with Crippen LogP contribution in [0.15, 0.2) is 12.7 Å². The molecule has 0 aliphatic rings. The molecule has 0 saturated heterocycles. The quantitative estimate of drug-likeness (QED) is 0.362. The molecule has 0 aliphatic carbocycles. The maximum atomic E-state index is 11.0. The standard InChI is InChI=1S/C9H18N2O2/c1-5-8(12)13-9(4,10-6-2)11-7-3/h5,10-11H,1,6-7H2,2-4H3. The van der Waals surface area contributed by atoms with Gasteiger partial charge in [-0.25, -0.2) is 4.79 Å². The molecule has 0 aromatic rings. The third-order valence-corrected chi connectivity index (χ3v) is 1.50. The molecule has 0 radical (unpaired) electrons. The van der Waals surface area contributed by atoms with E-state index in [1.54, 1.807) is 6.92 Å². The molecule has 2 N–H and O–H groups in total. The van der Waals surface area contributed by atoms with Crippen molar-refractivity contribution >= 4 is 5.97 Å². The fourth-order valence-electron chi connectivity index (χ4n) is 1.05. The molecule has 0 rings (SSSR count). The summed E-state index contributed by atoms with van der Waals surface area (Å²) in [6.45, 7) is 10.4. The highest BCUT2D eigenvalue weighted by Crippen LogP contribution is 2.01. The second kappa shape index (κ2) is 5.72. The van der Waals surface area contributed by atoms with E-state index >= 15 is 0 Å². The Morgan fingerprint density at radius 1 is 1.46 bits per heavy atom. The van der Waals surface area contributed by atoms with Crippen LogP contribution in [-0.2, 0) is 9.53 Å². The van der Waals surface area contributed by atoms with Gasteiger partial charge in [-0.05, 0) is 13.1 Å². The minimum atomic E-state index is -0.797. The van der Waals surface area contributed by atoms with Crippen molar-refractivity contribution in [3.05, 3.63) is 12.7 Å². The highest BCUT2D eigenvalue weighted by Gasteiger charge is 2.24. The van der Waals surface area contributed by atoms with Crippen molar-refractivity contribution in [1.82, 2.24) is 10.6 Å². The van der Waals surface area contributed by atoms with Gasteiger partial charge < -0.3 is 4.74 Å². The molecule has 0 spiro atoms. The number of rotatable bonds is 6. The average Bonchev–Trinajstić information content (AvgIpc) is 2.04. The van der Waals surface area contributed by atoms with Crippen molar-refractivity contribution in [2.75, 3.05) is 13.1 Å². The van der Waals surface area contributed by atoms with Crippen LogP contribution >= 0.6 is 0 Å². The lowest BCUT2D eigenvalue weighted by Gasteiger charge is -2.30. The van der Waals surface area contributed by atoms with E-state index in [0.29, 0.717) is 13.1 Å². The lowest BCUT2D eigenvalue weighted by molar-refractivity contribution is -0.159. The van der Waals surface area contributed by atoms with Crippen molar-refractivity contribution < 1.29 is 9.53 Å². The highest BCUT2D eigenvalue weighted by atomic mass is 16.6. The summed E-state index contributed by atoms with van der Waals surface area (Å²) in [5.41, 5.74) is 0. The third-order valence-electron chi connectivity index (χ3n) is 1.50. The van der Waals surface area contributed by atoms with Crippen LogP contribution in [0.4, 0.5) is 0 Å². The van der Waals surface area contributed by atoms with Gasteiger partial charge in [-0.15, -0.1) is 0 Å². The maximum absolute atomic E-state index is 11.0. The monoisotopic (exact) mass is 186 g/mol. The summed E-state index contributed by atoms with van der Waals surface area (Å²) in [5, 5.41) is 6.05. The van der Waals surface area contributed by atoms with Gasteiger partial charge in [-0.3, -0.25) is 10.6 Å². The number of nitrogens with one attached hydrogen (secondary N) is 2. The Labute approximate surface area is 79.3 Å². The summed E-state index contributed by atoms with van der Waals surface area (Å²) in [5.74, 6) is -1.24. The molecule has 0 aromatic carbocycles. The van der Waals surface area contributed by atoms with E-state index in [2.05, 4.69) is 17.2 Å². The molecule has 4 heteroatoms. The summed E-state index contributed by atoms with van der Waals surface area (Å²) in [7, 11) is 0. The van der Waals surface area contributed by atoms with Crippen LogP contribution in [0.3, 0.4) is 0 Å². The van der Waals surface area contributed by atoms with E-state index in [-0.39, 0.29) is 0 Å². The van der Waals surface area contributed by atoms with Gasteiger partial charge in [0, 0.05) is 13.0 Å². The van der Waals surface area contributed by atoms with Crippen molar-refractivity contribution in [3.8, 4) is 0 Å². The number of hydrogen-bond donors (Lipinski definition) is 2. The van der Waals surface area contributed by atoms with Crippen LogP contribution < -0.4 is 10.6 Å². The average molecular weight is 186 g/mol. The van der Waals surface area contributed by atoms with Gasteiger partial charge in [0.15, 0.2) is 0 Å². The van der Waals surface area contributed by atoms with Crippen LogP contribution in [-0.4, -0.2) is 24.9 Å². The molecule has 0 bridgehead atoms. The van der Waals surface area contributed by atoms with Crippen LogP contribution in [0.25, 0.3) is 0 Å². The molecular weight excluding hydrogens is 168 g/mol. The predicted molar refractivity (Wildman–Crippen MR) is 52.0 cm³/mol. The third kappa shape index (κ3) is 4.65. The zero-order valence-electron chi connectivity index (χ0n) is 8.52. The van der Waals surface area contributed by atoms with Crippen LogP contribution in [0.1, 0.15) is 20.8 Å². The molecule has 0 unspecified atom stereocenters. The van der Waals surface area contributed by atoms with Crippen molar-refractivity contribution in [1.29, 1.82) is 0 Å². The molecule has 0 atom stereocenters. The topological polar surface area (TPSA) is 50.4 Å². The Hall–Kier alpha value is -0.870. The normalized spacial score (nSPS) is 11.0. The van der Waals surface area contributed by atoms with Crippen molar-refractivity contribution in [2.45, 2.75) is 26.6 Å². The molecular formula is C9H18N2O2. The molecule has 0 amide bonds. The maximum Gasteiger partial charge on any atom is 0.332 e. The van der Waals surface area contributed by atoms with E-state index in [1.165, 1.54) is 0 Å². The van der Waals surface area contributed by atoms with Crippen molar-refractivity contribution in [3.63, 3.8) is 0 Å². The second-order valence-corrected chi connectivity index (χ2v) is 2.72. The molecule has 0 fully saturated rings. The van der Waals surface area contributed by atoms with Gasteiger partial charge in [-0.1, -0.05) is 20.4 Å². The Morgan fingerprint density at radius 2 is 1.92 bits per heavy atom. The van der Waals surface area contributed by atoms with E-state index in [9.17, 15) is 4.79 Å². The van der Waals surface area contributed by atoms with Crippen molar-refractivity contribution in [2.24, 2.45) is 0 Å². The number of carbonyl (C=O) groups excluding carboxylic acids is 1. The molecule has 0 saturated carbocycles. The minimum absolute atomic E-state index is 0.440. The van der Waals surface area contributed by atoms with E-state index in [4.69, 9.17) is 4.74 Å². The summed E-state index contributed by atoms with van der Waals surface area (Å²) in [6.07, 6.45) is 1.15. The zero-order valence-corrected chi connectivity index (χ0v) is 8.52. The van der Waals surface area contributed by atoms with Gasteiger partial charge in [0.2, 0.25) is 5.85 Å². The molecule has 4 nitrogen and oxygen atoms in total. The number of hydrogen-bond acceptors (Lipinski definition) is 4. The summed E-state index contributed by atoms with van der Waals surface area (Å²) in [6, 6.07) is 0. The number of ether oxygens (including phenoxy) is 1. The second-order valence-electron chi connectivity index (χ2n) is 2.72. The first-order valence-electron chi connectivity index (χ1n) is 4.43. The number of esters is 1. The van der Waals surface area contributed by atoms with Gasteiger partial charge in [0.25, 0.3) is 0 Å². The van der Waals surface area contributed by atoms with Gasteiger partial charge in [0.1, 0.15) is 0 Å². The largest absolute Gasteiger partial charge is 0.427 e. The Balaban J connectivity index is 4.21. The zero-order chi connectivity index (χ0) is 10.3. The minimum Gasteiger partial charge on any atom is -0.427 e. The molecule has 13 heavy (non-hydrogen) atoms. The first kappa shape index (κ1) is 12.1. The van der Waals surface area contributed by atoms with E-state index < -0.39 is 11.8 Å². The predicted octanol–water partition coefficient (Wildman–Crippen LogP) is 0.608. The molecule has 0 heterocycles. The first-order chi connectivity index (χ1) is 6.08. The Kier molecular flexibility index (Phi) is 5.34. The summed E-state index contributed by atoms with van der Waals surface area (Å²) >= 11 is 0. The fraction of sp³-hybridized carbons (Fsp3) is 0.667. The van der Waals surface area contributed by atoms with Crippen LogP contribution in [0.2, 0.25) is 0 Å². The summed E-state index contributed by atoms with van der Waals surface area (Å²) in [4.78, 5) is 11.0. The van der Waals surface area contributed by atoms with Crippen LogP contribution in [0.5, 0.6) is 0 Å². The molecule has 0 aliphatic heterocycles. The Bertz CT molecular complexity index is 174. The first-order valence-corrected chi connectivity index (χ1v) is 4.43. The highest BCUT2D eigenvalue weighted by molar-refractivity contribution is 5.81. The van der Waals surface area contributed by atoms with Crippen LogP contribution in [0, 0.1) is 0 Å². The van der Waals surface area contributed by atoms with Gasteiger partial charge in [-0.2, -0.15) is 0 Å². The lowest BCUT2D eigenvalue weighted by Crippen LogP contribution is -2.57. The molecule has 0 aromatic heterocycles. The van der Waals surface area contributed by atoms with Gasteiger partial charge >= 0.3 is 5.97 Å². The SMILES string of the molecule is C=CC(=O)OC(C)(NCC)NCC. The molecule has 76 valence electrons. The number of carbonyl (C=O) groups is 1. The summed E-state index contributed by atoms with van der Waals surface area (Å²) < 4.78 is 5.09. The van der Waals surface area contributed by atoms with E-state index in [0.717, 1.165) is 6.08 Å². The van der Waals surface area contributed by atoms with E-state index in [1.807, 2.05) is 13.8 Å². The lowest BCUT2D eigenvalue weighted by atomic mass is 10.4. The fourth-order valence-corrected chi connectivity index (χ4v) is 1.05. The van der Waals surface area contributed by atoms with Gasteiger partial charge in [0.05, 0.1) is 0 Å². The Morgan fingerprint density at radius 3 is 2.23 bits per heavy atom. The smallest absolute Gasteiger partial charge is 0.332 e.